The van der Waals surface area contributed by atoms with Crippen molar-refractivity contribution in [3.8, 4) is 0 Å². The van der Waals surface area contributed by atoms with Crippen molar-refractivity contribution in [3.63, 3.8) is 0 Å². The predicted octanol–water partition coefficient (Wildman–Crippen LogP) is 1.56. The molecule has 0 unspecified atom stereocenters. The van der Waals surface area contributed by atoms with Crippen LogP contribution >= 0.6 is 0 Å². The molecule has 0 bridgehead atoms. The number of rotatable bonds is 3. The van der Waals surface area contributed by atoms with Gasteiger partial charge in [-0.15, -0.1) is 6.58 Å². The summed E-state index contributed by atoms with van der Waals surface area (Å²) in [6.45, 7) is 3.66. The molecule has 9 heavy (non-hydrogen) atoms. The summed E-state index contributed by atoms with van der Waals surface area (Å²) in [6.07, 6.45) is 7.44. The van der Waals surface area contributed by atoms with Crippen LogP contribution in [0.2, 0.25) is 0 Å². The Hall–Kier alpha value is -0.850. The molecule has 1 nitrogen and oxygen atoms in total. The molecular formula is C8H10O. The quantitative estimate of drug-likeness (QED) is 0.315. The van der Waals surface area contributed by atoms with Gasteiger partial charge in [-0.25, -0.2) is 0 Å². The Bertz CT molecular complexity index is 147. The number of hydrogen-bond donors (Lipinski definition) is 0. The van der Waals surface area contributed by atoms with Gasteiger partial charge in [0.05, 0.1) is 0 Å². The molecule has 1 fully saturated rings. The van der Waals surface area contributed by atoms with Gasteiger partial charge in [0.1, 0.15) is 6.29 Å². The van der Waals surface area contributed by atoms with Crippen LogP contribution in [0, 0.1) is 11.8 Å². The lowest BCUT2D eigenvalue weighted by atomic mass is 10.3. The minimum Gasteiger partial charge on any atom is -0.299 e. The smallest absolute Gasteiger partial charge is 0.142 e. The van der Waals surface area contributed by atoms with Crippen molar-refractivity contribution in [3.05, 3.63) is 24.8 Å². The van der Waals surface area contributed by atoms with Gasteiger partial charge < -0.3 is 0 Å². The van der Waals surface area contributed by atoms with Gasteiger partial charge in [0, 0.05) is 0 Å². The Kier molecular flexibility index (Phi) is 1.83. The zero-order chi connectivity index (χ0) is 6.69. The normalized spacial score (nSPS) is 32.4. The SMILES string of the molecule is C=C[C@H]1C[C@@H]1/C=C\C=O. The average molecular weight is 122 g/mol. The highest BCUT2D eigenvalue weighted by molar-refractivity contribution is 5.64. The van der Waals surface area contributed by atoms with Crippen molar-refractivity contribution in [2.24, 2.45) is 11.8 Å². The van der Waals surface area contributed by atoms with Gasteiger partial charge in [-0.05, 0) is 24.3 Å². The molecule has 1 aliphatic carbocycles. The number of hydrogen-bond acceptors (Lipinski definition) is 1. The summed E-state index contributed by atoms with van der Waals surface area (Å²) in [5.74, 6) is 1.24. The van der Waals surface area contributed by atoms with Crippen LogP contribution in [0.5, 0.6) is 0 Å². The predicted molar refractivity (Wildman–Crippen MR) is 37.0 cm³/mol. The Morgan fingerprint density at radius 1 is 1.44 bits per heavy atom. The Morgan fingerprint density at radius 3 is 2.67 bits per heavy atom. The first-order chi connectivity index (χ1) is 4.38. The summed E-state index contributed by atoms with van der Waals surface area (Å²) in [5, 5.41) is 0. The van der Waals surface area contributed by atoms with E-state index in [1.807, 2.05) is 12.2 Å². The Balaban J connectivity index is 2.26. The lowest BCUT2D eigenvalue weighted by Crippen LogP contribution is -1.70. The summed E-state index contributed by atoms with van der Waals surface area (Å²) in [4.78, 5) is 9.82. The highest BCUT2D eigenvalue weighted by atomic mass is 16.1. The molecule has 1 heteroatoms. The standard InChI is InChI=1S/C8H10O/c1-2-7-6-8(7)4-3-5-9/h2-5,7-8H,1,6H2/b4-3-/t7-,8-/m0/s1. The van der Waals surface area contributed by atoms with Crippen LogP contribution in [0.25, 0.3) is 0 Å². The van der Waals surface area contributed by atoms with E-state index in [0.29, 0.717) is 11.8 Å². The zero-order valence-electron chi connectivity index (χ0n) is 5.29. The molecule has 0 spiro atoms. The highest BCUT2D eigenvalue weighted by Crippen LogP contribution is 2.39. The van der Waals surface area contributed by atoms with E-state index in [4.69, 9.17) is 0 Å². The third kappa shape index (κ3) is 1.53. The van der Waals surface area contributed by atoms with Crippen LogP contribution in [0.1, 0.15) is 6.42 Å². The van der Waals surface area contributed by atoms with Crippen molar-refractivity contribution in [2.45, 2.75) is 6.42 Å². The molecule has 0 aliphatic heterocycles. The molecule has 0 aromatic rings. The first-order valence-corrected chi connectivity index (χ1v) is 3.13. The Labute approximate surface area is 55.1 Å². The first-order valence-electron chi connectivity index (χ1n) is 3.13. The van der Waals surface area contributed by atoms with Crippen molar-refractivity contribution >= 4 is 6.29 Å². The number of carbonyl (C=O) groups excluding carboxylic acids is 1. The largest absolute Gasteiger partial charge is 0.299 e. The number of aldehydes is 1. The molecule has 0 heterocycles. The molecule has 0 aromatic heterocycles. The lowest BCUT2D eigenvalue weighted by Gasteiger charge is -1.78. The number of allylic oxidation sites excluding steroid dienone is 3. The molecular weight excluding hydrogens is 112 g/mol. The van der Waals surface area contributed by atoms with E-state index in [1.165, 1.54) is 6.42 Å². The van der Waals surface area contributed by atoms with E-state index in [-0.39, 0.29) is 0 Å². The summed E-state index contributed by atoms with van der Waals surface area (Å²) in [6, 6.07) is 0. The van der Waals surface area contributed by atoms with Gasteiger partial charge in [0.2, 0.25) is 0 Å². The minimum atomic E-state index is 0.604. The summed E-state index contributed by atoms with van der Waals surface area (Å²) >= 11 is 0. The van der Waals surface area contributed by atoms with Crippen LogP contribution in [-0.2, 0) is 4.79 Å². The minimum absolute atomic E-state index is 0.604. The summed E-state index contributed by atoms with van der Waals surface area (Å²) in [5.41, 5.74) is 0. The van der Waals surface area contributed by atoms with Crippen LogP contribution < -0.4 is 0 Å². The lowest BCUT2D eigenvalue weighted by molar-refractivity contribution is -0.104. The van der Waals surface area contributed by atoms with Gasteiger partial charge in [-0.3, -0.25) is 4.79 Å². The van der Waals surface area contributed by atoms with Crippen LogP contribution in [0.3, 0.4) is 0 Å². The van der Waals surface area contributed by atoms with E-state index in [9.17, 15) is 4.79 Å². The topological polar surface area (TPSA) is 17.1 Å². The fourth-order valence-electron chi connectivity index (χ4n) is 0.916. The molecule has 1 aliphatic rings. The molecule has 1 saturated carbocycles. The van der Waals surface area contributed by atoms with E-state index < -0.39 is 0 Å². The van der Waals surface area contributed by atoms with Crippen LogP contribution in [0.4, 0.5) is 0 Å². The Morgan fingerprint density at radius 2 is 2.22 bits per heavy atom. The second kappa shape index (κ2) is 2.62. The van der Waals surface area contributed by atoms with Gasteiger partial charge in [-0.2, -0.15) is 0 Å². The summed E-state index contributed by atoms with van der Waals surface area (Å²) in [7, 11) is 0. The van der Waals surface area contributed by atoms with E-state index >= 15 is 0 Å². The van der Waals surface area contributed by atoms with Gasteiger partial charge >= 0.3 is 0 Å². The molecule has 0 N–H and O–H groups in total. The highest BCUT2D eigenvalue weighted by Gasteiger charge is 2.31. The molecule has 1 rings (SSSR count). The molecule has 0 aromatic carbocycles. The fraction of sp³-hybridized carbons (Fsp3) is 0.375. The maximum absolute atomic E-state index is 9.82. The molecule has 48 valence electrons. The van der Waals surface area contributed by atoms with E-state index in [2.05, 4.69) is 6.58 Å². The van der Waals surface area contributed by atoms with Gasteiger partial charge in [0.15, 0.2) is 0 Å². The molecule has 0 saturated heterocycles. The monoisotopic (exact) mass is 122 g/mol. The van der Waals surface area contributed by atoms with Crippen molar-refractivity contribution in [1.29, 1.82) is 0 Å². The number of carbonyl (C=O) groups is 1. The molecule has 0 amide bonds. The van der Waals surface area contributed by atoms with Crippen molar-refractivity contribution in [1.82, 2.24) is 0 Å². The maximum atomic E-state index is 9.82. The zero-order valence-corrected chi connectivity index (χ0v) is 5.29. The molecule has 0 radical (unpaired) electrons. The second-order valence-corrected chi connectivity index (χ2v) is 2.32. The average Bonchev–Trinajstić information content (AvgIpc) is 2.62. The fourth-order valence-corrected chi connectivity index (χ4v) is 0.916. The second-order valence-electron chi connectivity index (χ2n) is 2.32. The van der Waals surface area contributed by atoms with Crippen LogP contribution in [0.15, 0.2) is 24.8 Å². The first kappa shape index (κ1) is 6.27. The van der Waals surface area contributed by atoms with Crippen molar-refractivity contribution in [2.75, 3.05) is 0 Å². The summed E-state index contributed by atoms with van der Waals surface area (Å²) < 4.78 is 0. The van der Waals surface area contributed by atoms with Crippen molar-refractivity contribution < 1.29 is 4.79 Å². The maximum Gasteiger partial charge on any atom is 0.142 e. The van der Waals surface area contributed by atoms with Gasteiger partial charge in [0.25, 0.3) is 0 Å². The van der Waals surface area contributed by atoms with Gasteiger partial charge in [-0.1, -0.05) is 12.2 Å². The third-order valence-electron chi connectivity index (χ3n) is 1.63. The van der Waals surface area contributed by atoms with E-state index in [0.717, 1.165) is 6.29 Å². The van der Waals surface area contributed by atoms with Crippen LogP contribution in [-0.4, -0.2) is 6.29 Å². The van der Waals surface area contributed by atoms with E-state index in [1.54, 1.807) is 6.08 Å². The molecule has 2 atom stereocenters. The third-order valence-corrected chi connectivity index (χ3v) is 1.63.